The maximum atomic E-state index is 10.9. The third kappa shape index (κ3) is 2.32. The Kier molecular flexibility index (Phi) is 3.27. The van der Waals surface area contributed by atoms with Crippen molar-refractivity contribution in [1.29, 1.82) is 0 Å². The number of nitrogens with one attached hydrogen (secondary N) is 1. The number of nitrogens with zero attached hydrogens (tertiary/aromatic N) is 3. The van der Waals surface area contributed by atoms with Gasteiger partial charge in [0, 0.05) is 24.9 Å². The monoisotopic (exact) mass is 246 g/mol. The van der Waals surface area contributed by atoms with E-state index >= 15 is 0 Å². The van der Waals surface area contributed by atoms with E-state index in [1.54, 1.807) is 24.0 Å². The molecule has 94 valence electrons. The molecule has 6 heteroatoms. The fourth-order valence-electron chi connectivity index (χ4n) is 1.89. The smallest absolute Gasteiger partial charge is 0.292 e. The number of benzene rings is 1. The molecule has 0 atom stereocenters. The molecule has 0 saturated carbocycles. The van der Waals surface area contributed by atoms with Crippen molar-refractivity contribution in [2.75, 3.05) is 12.4 Å². The van der Waals surface area contributed by atoms with Crippen LogP contribution in [0, 0.1) is 17.0 Å². The van der Waals surface area contributed by atoms with Gasteiger partial charge in [0.1, 0.15) is 5.69 Å². The van der Waals surface area contributed by atoms with Crippen LogP contribution in [0.3, 0.4) is 0 Å². The molecular formula is C12H14N4O2. The first-order chi connectivity index (χ1) is 8.61. The largest absolute Gasteiger partial charge is 0.382 e. The van der Waals surface area contributed by atoms with E-state index in [0.717, 1.165) is 11.1 Å². The Bertz CT molecular complexity index is 577. The van der Waals surface area contributed by atoms with Gasteiger partial charge in [-0.15, -0.1) is 0 Å². The van der Waals surface area contributed by atoms with Gasteiger partial charge in [-0.05, 0) is 12.5 Å². The van der Waals surface area contributed by atoms with E-state index in [2.05, 4.69) is 10.4 Å². The van der Waals surface area contributed by atoms with Crippen LogP contribution in [0.4, 0.5) is 11.4 Å². The Morgan fingerprint density at radius 1 is 1.50 bits per heavy atom. The zero-order chi connectivity index (χ0) is 13.1. The fourth-order valence-corrected chi connectivity index (χ4v) is 1.89. The predicted molar refractivity (Wildman–Crippen MR) is 68.7 cm³/mol. The zero-order valence-corrected chi connectivity index (χ0v) is 10.3. The summed E-state index contributed by atoms with van der Waals surface area (Å²) in [5, 5.41) is 18.0. The molecule has 0 fully saturated rings. The number of para-hydroxylation sites is 1. The molecule has 2 aromatic rings. The minimum absolute atomic E-state index is 0.0823. The molecule has 1 aromatic carbocycles. The molecule has 0 aliphatic carbocycles. The number of aryl methyl sites for hydroxylation is 1. The first kappa shape index (κ1) is 12.1. The Balaban J connectivity index is 2.38. The molecule has 0 spiro atoms. The van der Waals surface area contributed by atoms with Crippen molar-refractivity contribution in [3.63, 3.8) is 0 Å². The van der Waals surface area contributed by atoms with Gasteiger partial charge >= 0.3 is 0 Å². The van der Waals surface area contributed by atoms with Crippen molar-refractivity contribution in [2.45, 2.75) is 13.5 Å². The van der Waals surface area contributed by atoms with Crippen LogP contribution in [0.2, 0.25) is 0 Å². The SMILES string of the molecule is CNc1c(Cn2cc(C)cn2)cccc1[N+](=O)[O-]. The van der Waals surface area contributed by atoms with E-state index in [1.165, 1.54) is 6.07 Å². The lowest BCUT2D eigenvalue weighted by Gasteiger charge is -2.09. The number of aromatic nitrogens is 2. The average Bonchev–Trinajstić information content (AvgIpc) is 2.74. The number of hydrogen-bond acceptors (Lipinski definition) is 4. The average molecular weight is 246 g/mol. The second-order valence-corrected chi connectivity index (χ2v) is 4.03. The summed E-state index contributed by atoms with van der Waals surface area (Å²) in [6.45, 7) is 2.46. The lowest BCUT2D eigenvalue weighted by molar-refractivity contribution is -0.384. The van der Waals surface area contributed by atoms with Gasteiger partial charge in [-0.2, -0.15) is 5.10 Å². The first-order valence-corrected chi connectivity index (χ1v) is 5.55. The normalized spacial score (nSPS) is 10.3. The Labute approximate surface area is 104 Å². The predicted octanol–water partition coefficient (Wildman–Crippen LogP) is 2.19. The van der Waals surface area contributed by atoms with E-state index in [4.69, 9.17) is 0 Å². The van der Waals surface area contributed by atoms with Crippen molar-refractivity contribution in [1.82, 2.24) is 9.78 Å². The van der Waals surface area contributed by atoms with Crippen LogP contribution in [0.5, 0.6) is 0 Å². The van der Waals surface area contributed by atoms with Gasteiger partial charge in [-0.3, -0.25) is 14.8 Å². The Morgan fingerprint density at radius 2 is 2.28 bits per heavy atom. The lowest BCUT2D eigenvalue weighted by atomic mass is 10.1. The molecule has 1 N–H and O–H groups in total. The standard InChI is InChI=1S/C12H14N4O2/c1-9-6-14-15(7-9)8-10-4-3-5-11(16(17)18)12(10)13-2/h3-7,13H,8H2,1-2H3. The summed E-state index contributed by atoms with van der Waals surface area (Å²) in [5.74, 6) is 0. The van der Waals surface area contributed by atoms with Crippen molar-refractivity contribution in [2.24, 2.45) is 0 Å². The Morgan fingerprint density at radius 3 is 2.83 bits per heavy atom. The summed E-state index contributed by atoms with van der Waals surface area (Å²) < 4.78 is 1.76. The highest BCUT2D eigenvalue weighted by molar-refractivity contribution is 5.66. The van der Waals surface area contributed by atoms with E-state index in [0.29, 0.717) is 12.2 Å². The second kappa shape index (κ2) is 4.87. The van der Waals surface area contributed by atoms with E-state index < -0.39 is 0 Å². The van der Waals surface area contributed by atoms with Gasteiger partial charge < -0.3 is 5.32 Å². The summed E-state index contributed by atoms with van der Waals surface area (Å²) in [4.78, 5) is 10.5. The number of rotatable bonds is 4. The summed E-state index contributed by atoms with van der Waals surface area (Å²) in [7, 11) is 1.68. The molecule has 0 unspecified atom stereocenters. The van der Waals surface area contributed by atoms with Gasteiger partial charge in [0.2, 0.25) is 0 Å². The maximum Gasteiger partial charge on any atom is 0.292 e. The second-order valence-electron chi connectivity index (χ2n) is 4.03. The molecule has 0 amide bonds. The van der Waals surface area contributed by atoms with Crippen LogP contribution in [-0.2, 0) is 6.54 Å². The van der Waals surface area contributed by atoms with Gasteiger partial charge in [-0.1, -0.05) is 12.1 Å². The van der Waals surface area contributed by atoms with Crippen LogP contribution < -0.4 is 5.32 Å². The minimum atomic E-state index is -0.385. The highest BCUT2D eigenvalue weighted by Crippen LogP contribution is 2.28. The highest BCUT2D eigenvalue weighted by atomic mass is 16.6. The van der Waals surface area contributed by atoms with Crippen LogP contribution in [0.1, 0.15) is 11.1 Å². The molecular weight excluding hydrogens is 232 g/mol. The van der Waals surface area contributed by atoms with Gasteiger partial charge in [-0.25, -0.2) is 0 Å². The van der Waals surface area contributed by atoms with Crippen molar-refractivity contribution >= 4 is 11.4 Å². The van der Waals surface area contributed by atoms with Crippen molar-refractivity contribution in [3.8, 4) is 0 Å². The maximum absolute atomic E-state index is 10.9. The topological polar surface area (TPSA) is 73.0 Å². The van der Waals surface area contributed by atoms with Gasteiger partial charge in [0.25, 0.3) is 5.69 Å². The molecule has 6 nitrogen and oxygen atoms in total. The van der Waals surface area contributed by atoms with Crippen LogP contribution in [0.15, 0.2) is 30.6 Å². The summed E-state index contributed by atoms with van der Waals surface area (Å²) >= 11 is 0. The van der Waals surface area contributed by atoms with E-state index in [9.17, 15) is 10.1 Å². The summed E-state index contributed by atoms with van der Waals surface area (Å²) in [6.07, 6.45) is 3.66. The molecule has 0 aliphatic heterocycles. The van der Waals surface area contributed by atoms with Gasteiger partial charge in [0.15, 0.2) is 0 Å². The molecule has 0 saturated heterocycles. The molecule has 1 aromatic heterocycles. The third-order valence-electron chi connectivity index (χ3n) is 2.67. The lowest BCUT2D eigenvalue weighted by Crippen LogP contribution is -2.05. The Hall–Kier alpha value is -2.37. The highest BCUT2D eigenvalue weighted by Gasteiger charge is 2.16. The van der Waals surface area contributed by atoms with Crippen LogP contribution in [-0.4, -0.2) is 21.8 Å². The van der Waals surface area contributed by atoms with E-state index in [1.807, 2.05) is 19.2 Å². The third-order valence-corrected chi connectivity index (χ3v) is 2.67. The molecule has 18 heavy (non-hydrogen) atoms. The zero-order valence-electron chi connectivity index (χ0n) is 10.3. The summed E-state index contributed by atoms with van der Waals surface area (Å²) in [5.41, 5.74) is 2.52. The van der Waals surface area contributed by atoms with E-state index in [-0.39, 0.29) is 10.6 Å². The van der Waals surface area contributed by atoms with Crippen LogP contribution in [0.25, 0.3) is 0 Å². The number of anilines is 1. The molecule has 0 radical (unpaired) electrons. The number of nitro benzene ring substituents is 1. The molecule has 2 rings (SSSR count). The number of nitro groups is 1. The van der Waals surface area contributed by atoms with Crippen molar-refractivity contribution < 1.29 is 4.92 Å². The quantitative estimate of drug-likeness (QED) is 0.663. The molecule has 0 bridgehead atoms. The molecule has 0 aliphatic rings. The van der Waals surface area contributed by atoms with Gasteiger partial charge in [0.05, 0.1) is 17.7 Å². The first-order valence-electron chi connectivity index (χ1n) is 5.55. The summed E-state index contributed by atoms with van der Waals surface area (Å²) in [6, 6.07) is 5.03. The molecule has 1 heterocycles. The fraction of sp³-hybridized carbons (Fsp3) is 0.250. The van der Waals surface area contributed by atoms with Crippen LogP contribution >= 0.6 is 0 Å². The number of hydrogen-bond donors (Lipinski definition) is 1. The van der Waals surface area contributed by atoms with Crippen molar-refractivity contribution in [3.05, 3.63) is 51.8 Å². The minimum Gasteiger partial charge on any atom is -0.382 e.